The second-order valence-corrected chi connectivity index (χ2v) is 7.39. The Kier molecular flexibility index (Phi) is 6.75. The van der Waals surface area contributed by atoms with E-state index < -0.39 is 11.7 Å². The van der Waals surface area contributed by atoms with Crippen LogP contribution in [0.25, 0.3) is 11.1 Å². The molecule has 1 saturated heterocycles. The van der Waals surface area contributed by atoms with Crippen molar-refractivity contribution in [2.45, 2.75) is 25.1 Å². The molecule has 2 N–H and O–H groups in total. The average molecular weight is 392 g/mol. The van der Waals surface area contributed by atoms with Gasteiger partial charge in [0.15, 0.2) is 0 Å². The molecule has 0 amide bonds. The molecule has 0 aliphatic carbocycles. The van der Waals surface area contributed by atoms with Gasteiger partial charge in [-0.25, -0.2) is 0 Å². The number of methoxy groups -OCH3 is 1. The molecule has 1 fully saturated rings. The summed E-state index contributed by atoms with van der Waals surface area (Å²) in [4.78, 5) is 2.40. The van der Waals surface area contributed by atoms with Crippen LogP contribution in [0.3, 0.4) is 0 Å². The third-order valence-electron chi connectivity index (χ3n) is 5.59. The summed E-state index contributed by atoms with van der Waals surface area (Å²) in [5.74, 6) is 0.440. The molecule has 28 heavy (non-hydrogen) atoms. The Morgan fingerprint density at radius 1 is 1.00 bits per heavy atom. The summed E-state index contributed by atoms with van der Waals surface area (Å²) < 4.78 is 43.2. The summed E-state index contributed by atoms with van der Waals surface area (Å²) in [5, 5.41) is 0. The van der Waals surface area contributed by atoms with Crippen molar-refractivity contribution < 1.29 is 17.9 Å². The number of rotatable bonds is 6. The fourth-order valence-electron chi connectivity index (χ4n) is 3.78. The fraction of sp³-hybridized carbons (Fsp3) is 0.455. The first kappa shape index (κ1) is 20.8. The molecule has 1 atom stereocenters. The molecule has 2 aromatic carbocycles. The van der Waals surface area contributed by atoms with Gasteiger partial charge in [0.25, 0.3) is 0 Å². The lowest BCUT2D eigenvalue weighted by Crippen LogP contribution is -2.39. The van der Waals surface area contributed by atoms with E-state index in [1.807, 2.05) is 24.3 Å². The highest BCUT2D eigenvalue weighted by atomic mass is 19.4. The van der Waals surface area contributed by atoms with Gasteiger partial charge in [-0.2, -0.15) is 13.2 Å². The maximum atomic E-state index is 12.7. The summed E-state index contributed by atoms with van der Waals surface area (Å²) in [6.07, 6.45) is -2.19. The molecule has 0 saturated carbocycles. The van der Waals surface area contributed by atoms with Crippen LogP contribution >= 0.6 is 0 Å². The number of piperidine rings is 1. The first-order valence-corrected chi connectivity index (χ1v) is 9.63. The number of hydrogen-bond donors (Lipinski definition) is 1. The molecule has 1 aliphatic heterocycles. The van der Waals surface area contributed by atoms with Gasteiger partial charge in [0.05, 0.1) is 12.2 Å². The zero-order valence-corrected chi connectivity index (χ0v) is 16.1. The van der Waals surface area contributed by atoms with Crippen molar-refractivity contribution in [3.8, 4) is 11.1 Å². The smallest absolute Gasteiger partial charge is 0.383 e. The van der Waals surface area contributed by atoms with Gasteiger partial charge in [-0.15, -0.1) is 0 Å². The number of nitrogens with two attached hydrogens (primary N) is 1. The Morgan fingerprint density at radius 3 is 2.04 bits per heavy atom. The minimum atomic E-state index is -4.31. The van der Waals surface area contributed by atoms with Gasteiger partial charge in [0.2, 0.25) is 0 Å². The summed E-state index contributed by atoms with van der Waals surface area (Å²) >= 11 is 0. The number of likely N-dealkylation sites (tertiary alicyclic amines) is 1. The van der Waals surface area contributed by atoms with Crippen molar-refractivity contribution >= 4 is 0 Å². The van der Waals surface area contributed by atoms with Crippen molar-refractivity contribution in [1.82, 2.24) is 4.90 Å². The zero-order valence-electron chi connectivity index (χ0n) is 16.1. The molecule has 0 bridgehead atoms. The Bertz CT molecular complexity index is 736. The van der Waals surface area contributed by atoms with E-state index in [2.05, 4.69) is 4.90 Å². The predicted molar refractivity (Wildman–Crippen MR) is 105 cm³/mol. The van der Waals surface area contributed by atoms with Gasteiger partial charge in [0.1, 0.15) is 0 Å². The predicted octanol–water partition coefficient (Wildman–Crippen LogP) is 4.73. The summed E-state index contributed by atoms with van der Waals surface area (Å²) in [6.45, 7) is 3.78. The van der Waals surface area contributed by atoms with Crippen molar-refractivity contribution in [3.63, 3.8) is 0 Å². The van der Waals surface area contributed by atoms with Crippen molar-refractivity contribution in [2.75, 3.05) is 33.4 Å². The SMILES string of the molecule is COCCN1CCC(C(N)c2ccc(-c3ccc(C(F)(F)F)cc3)cc2)CC1. The number of nitrogens with zero attached hydrogens (tertiary/aromatic N) is 1. The number of alkyl halides is 3. The van der Waals surface area contributed by atoms with Gasteiger partial charge < -0.3 is 15.4 Å². The average Bonchev–Trinajstić information content (AvgIpc) is 2.72. The second kappa shape index (κ2) is 9.07. The lowest BCUT2D eigenvalue weighted by Gasteiger charge is -2.34. The van der Waals surface area contributed by atoms with Gasteiger partial charge in [0, 0.05) is 19.7 Å². The minimum Gasteiger partial charge on any atom is -0.383 e. The van der Waals surface area contributed by atoms with Crippen LogP contribution in [0.5, 0.6) is 0 Å². The highest BCUT2D eigenvalue weighted by Gasteiger charge is 2.30. The van der Waals surface area contributed by atoms with Gasteiger partial charge in [-0.05, 0) is 60.7 Å². The topological polar surface area (TPSA) is 38.5 Å². The van der Waals surface area contributed by atoms with Crippen molar-refractivity contribution in [2.24, 2.45) is 11.7 Å². The van der Waals surface area contributed by atoms with Crippen LogP contribution in [0.15, 0.2) is 48.5 Å². The highest BCUT2D eigenvalue weighted by molar-refractivity contribution is 5.64. The van der Waals surface area contributed by atoms with E-state index in [-0.39, 0.29) is 6.04 Å². The van der Waals surface area contributed by atoms with E-state index in [0.717, 1.165) is 67.9 Å². The van der Waals surface area contributed by atoms with Crippen LogP contribution < -0.4 is 5.73 Å². The number of ether oxygens (including phenoxy) is 1. The third kappa shape index (κ3) is 5.13. The molecule has 152 valence electrons. The first-order valence-electron chi connectivity index (χ1n) is 9.63. The van der Waals surface area contributed by atoms with Crippen molar-refractivity contribution in [3.05, 3.63) is 59.7 Å². The van der Waals surface area contributed by atoms with Gasteiger partial charge in [-0.1, -0.05) is 36.4 Å². The Hall–Kier alpha value is -1.89. The highest BCUT2D eigenvalue weighted by Crippen LogP contribution is 2.32. The Labute approximate surface area is 164 Å². The molecule has 6 heteroatoms. The van der Waals surface area contributed by atoms with Crippen LogP contribution in [0, 0.1) is 5.92 Å². The summed E-state index contributed by atoms with van der Waals surface area (Å²) in [6, 6.07) is 13.1. The van der Waals surface area contributed by atoms with E-state index in [1.165, 1.54) is 12.1 Å². The van der Waals surface area contributed by atoms with Crippen molar-refractivity contribution in [1.29, 1.82) is 0 Å². The normalized spacial score (nSPS) is 17.6. The Balaban J connectivity index is 1.61. The van der Waals surface area contributed by atoms with Gasteiger partial charge >= 0.3 is 6.18 Å². The number of hydrogen-bond acceptors (Lipinski definition) is 3. The third-order valence-corrected chi connectivity index (χ3v) is 5.59. The molecule has 0 spiro atoms. The second-order valence-electron chi connectivity index (χ2n) is 7.39. The molecule has 2 aromatic rings. The van der Waals surface area contributed by atoms with Crippen LogP contribution in [0.4, 0.5) is 13.2 Å². The van der Waals surface area contributed by atoms with E-state index in [1.54, 1.807) is 7.11 Å². The van der Waals surface area contributed by atoms with E-state index in [9.17, 15) is 13.2 Å². The maximum Gasteiger partial charge on any atom is 0.416 e. The van der Waals surface area contributed by atoms with Crippen LogP contribution in [0.1, 0.15) is 30.0 Å². The number of benzene rings is 2. The molecule has 1 aliphatic rings. The van der Waals surface area contributed by atoms with Crippen LogP contribution in [0.2, 0.25) is 0 Å². The molecule has 3 nitrogen and oxygen atoms in total. The first-order chi connectivity index (χ1) is 13.4. The number of halogens is 3. The van der Waals surface area contributed by atoms with E-state index in [4.69, 9.17) is 10.5 Å². The lowest BCUT2D eigenvalue weighted by molar-refractivity contribution is -0.137. The standard InChI is InChI=1S/C22H27F3N2O/c1-28-15-14-27-12-10-19(11-13-27)21(26)18-4-2-16(3-5-18)17-6-8-20(9-7-17)22(23,24)25/h2-9,19,21H,10-15,26H2,1H3. The largest absolute Gasteiger partial charge is 0.416 e. The Morgan fingerprint density at radius 2 is 1.54 bits per heavy atom. The summed E-state index contributed by atoms with van der Waals surface area (Å²) in [7, 11) is 1.72. The summed E-state index contributed by atoms with van der Waals surface area (Å²) in [5.41, 5.74) is 8.60. The van der Waals surface area contributed by atoms with Gasteiger partial charge in [-0.3, -0.25) is 0 Å². The molecule has 0 aromatic heterocycles. The monoisotopic (exact) mass is 392 g/mol. The molecule has 3 rings (SSSR count). The maximum absolute atomic E-state index is 12.7. The van der Waals surface area contributed by atoms with Crippen LogP contribution in [-0.4, -0.2) is 38.3 Å². The minimum absolute atomic E-state index is 0.0220. The van der Waals surface area contributed by atoms with E-state index in [0.29, 0.717) is 5.92 Å². The fourth-order valence-corrected chi connectivity index (χ4v) is 3.78. The molecular formula is C22H27F3N2O. The lowest BCUT2D eigenvalue weighted by atomic mass is 9.85. The molecule has 0 radical (unpaired) electrons. The van der Waals surface area contributed by atoms with E-state index >= 15 is 0 Å². The molecular weight excluding hydrogens is 365 g/mol. The molecule has 1 heterocycles. The quantitative estimate of drug-likeness (QED) is 0.772. The zero-order chi connectivity index (χ0) is 20.1. The van der Waals surface area contributed by atoms with Crippen LogP contribution in [-0.2, 0) is 10.9 Å². The molecule has 1 unspecified atom stereocenters.